The second-order valence-electron chi connectivity index (χ2n) is 1.39. The third-order valence-corrected chi connectivity index (χ3v) is 1.05. The van der Waals surface area contributed by atoms with E-state index in [0.29, 0.717) is 0 Å². The summed E-state index contributed by atoms with van der Waals surface area (Å²) in [5.41, 5.74) is 0. The Morgan fingerprint density at radius 1 is 1.67 bits per heavy atom. The summed E-state index contributed by atoms with van der Waals surface area (Å²) in [4.78, 5) is 0. The largest absolute Gasteiger partial charge is 0.399 e. The SMILES string of the molecule is CCC(O)OS(=O)(=O)O. The van der Waals surface area contributed by atoms with Crippen molar-refractivity contribution in [2.24, 2.45) is 0 Å². The van der Waals surface area contributed by atoms with Gasteiger partial charge in [-0.2, -0.15) is 8.42 Å². The molecule has 0 spiro atoms. The fourth-order valence-corrected chi connectivity index (χ4v) is 0.625. The lowest BCUT2D eigenvalue weighted by Gasteiger charge is -2.03. The molecule has 5 nitrogen and oxygen atoms in total. The number of hydrogen-bond acceptors (Lipinski definition) is 4. The topological polar surface area (TPSA) is 83.8 Å². The Morgan fingerprint density at radius 3 is 2.22 bits per heavy atom. The van der Waals surface area contributed by atoms with E-state index < -0.39 is 16.7 Å². The van der Waals surface area contributed by atoms with E-state index in [2.05, 4.69) is 4.18 Å². The van der Waals surface area contributed by atoms with Gasteiger partial charge in [0.15, 0.2) is 6.29 Å². The zero-order valence-corrected chi connectivity index (χ0v) is 5.63. The van der Waals surface area contributed by atoms with Gasteiger partial charge in [-0.05, 0) is 6.42 Å². The molecule has 0 aliphatic heterocycles. The highest BCUT2D eigenvalue weighted by atomic mass is 32.3. The van der Waals surface area contributed by atoms with Crippen molar-refractivity contribution in [2.45, 2.75) is 19.6 Å². The second-order valence-corrected chi connectivity index (χ2v) is 2.43. The summed E-state index contributed by atoms with van der Waals surface area (Å²) in [6.07, 6.45) is -1.33. The molecule has 0 rings (SSSR count). The van der Waals surface area contributed by atoms with Crippen LogP contribution in [-0.2, 0) is 14.6 Å². The summed E-state index contributed by atoms with van der Waals surface area (Å²) in [6, 6.07) is 0. The highest BCUT2D eigenvalue weighted by molar-refractivity contribution is 7.80. The zero-order chi connectivity index (χ0) is 7.49. The van der Waals surface area contributed by atoms with Crippen LogP contribution in [-0.4, -0.2) is 24.4 Å². The molecule has 0 heterocycles. The number of rotatable bonds is 3. The molecule has 0 radical (unpaired) electrons. The summed E-state index contributed by atoms with van der Waals surface area (Å²) in [5, 5.41) is 8.43. The smallest absolute Gasteiger partial charge is 0.367 e. The Kier molecular flexibility index (Phi) is 3.06. The predicted molar refractivity (Wildman–Crippen MR) is 28.9 cm³/mol. The van der Waals surface area contributed by atoms with Gasteiger partial charge in [0.2, 0.25) is 0 Å². The first kappa shape index (κ1) is 8.83. The Hall–Kier alpha value is -0.170. The van der Waals surface area contributed by atoms with Gasteiger partial charge in [0.1, 0.15) is 0 Å². The highest BCUT2D eigenvalue weighted by Crippen LogP contribution is 1.96. The first-order chi connectivity index (χ1) is 3.95. The molecule has 0 fully saturated rings. The maximum absolute atomic E-state index is 9.77. The normalized spacial score (nSPS) is 15.4. The zero-order valence-electron chi connectivity index (χ0n) is 4.81. The molecule has 0 saturated heterocycles. The summed E-state index contributed by atoms with van der Waals surface area (Å²) < 4.78 is 31.1. The fourth-order valence-electron chi connectivity index (χ4n) is 0.208. The van der Waals surface area contributed by atoms with Gasteiger partial charge in [-0.3, -0.25) is 4.55 Å². The molecular formula is C3H8O5S. The Balaban J connectivity index is 3.75. The van der Waals surface area contributed by atoms with Crippen LogP contribution in [0.15, 0.2) is 0 Å². The predicted octanol–water partition coefficient (Wildman–Crippen LogP) is -0.466. The average molecular weight is 156 g/mol. The van der Waals surface area contributed by atoms with Crippen LogP contribution in [0, 0.1) is 0 Å². The molecule has 2 N–H and O–H groups in total. The molecule has 0 amide bonds. The van der Waals surface area contributed by atoms with Gasteiger partial charge >= 0.3 is 10.4 Å². The molecular weight excluding hydrogens is 148 g/mol. The minimum Gasteiger partial charge on any atom is -0.367 e. The van der Waals surface area contributed by atoms with Gasteiger partial charge in [0.25, 0.3) is 0 Å². The summed E-state index contributed by atoms with van der Waals surface area (Å²) in [7, 11) is -4.49. The molecule has 0 aliphatic rings. The van der Waals surface area contributed by atoms with Crippen LogP contribution in [0.1, 0.15) is 13.3 Å². The molecule has 56 valence electrons. The summed E-state index contributed by atoms with van der Waals surface area (Å²) in [6.45, 7) is 1.51. The lowest BCUT2D eigenvalue weighted by atomic mass is 10.5. The van der Waals surface area contributed by atoms with Gasteiger partial charge in [0.05, 0.1) is 0 Å². The summed E-state index contributed by atoms with van der Waals surface area (Å²) >= 11 is 0. The van der Waals surface area contributed by atoms with Crippen LogP contribution in [0.4, 0.5) is 0 Å². The monoisotopic (exact) mass is 156 g/mol. The minimum atomic E-state index is -4.49. The van der Waals surface area contributed by atoms with Crippen LogP contribution in [0.3, 0.4) is 0 Å². The van der Waals surface area contributed by atoms with Gasteiger partial charge in [0, 0.05) is 0 Å². The van der Waals surface area contributed by atoms with Crippen molar-refractivity contribution in [1.29, 1.82) is 0 Å². The molecule has 1 unspecified atom stereocenters. The standard InChI is InChI=1S/C3H8O5S/c1-2-3(4)8-9(5,6)7/h3-4H,2H2,1H3,(H,5,6,7). The van der Waals surface area contributed by atoms with Crippen LogP contribution >= 0.6 is 0 Å². The third-order valence-electron chi connectivity index (χ3n) is 0.582. The molecule has 0 aliphatic carbocycles. The molecule has 1 atom stereocenters. The van der Waals surface area contributed by atoms with E-state index in [1.54, 1.807) is 0 Å². The van der Waals surface area contributed by atoms with Crippen molar-refractivity contribution in [1.82, 2.24) is 0 Å². The third kappa shape index (κ3) is 5.71. The Morgan fingerprint density at radius 2 is 2.11 bits per heavy atom. The summed E-state index contributed by atoms with van der Waals surface area (Å²) in [5.74, 6) is 0. The number of aliphatic hydroxyl groups excluding tert-OH is 1. The van der Waals surface area contributed by atoms with Crippen molar-refractivity contribution in [3.63, 3.8) is 0 Å². The fraction of sp³-hybridized carbons (Fsp3) is 1.00. The van der Waals surface area contributed by atoms with Crippen molar-refractivity contribution in [2.75, 3.05) is 0 Å². The van der Waals surface area contributed by atoms with Crippen LogP contribution < -0.4 is 0 Å². The second kappa shape index (κ2) is 3.11. The molecule has 0 aromatic rings. The lowest BCUT2D eigenvalue weighted by Crippen LogP contribution is -2.15. The molecule has 9 heavy (non-hydrogen) atoms. The maximum atomic E-state index is 9.77. The van der Waals surface area contributed by atoms with E-state index in [1.165, 1.54) is 6.92 Å². The van der Waals surface area contributed by atoms with Crippen molar-refractivity contribution in [3.8, 4) is 0 Å². The van der Waals surface area contributed by atoms with E-state index in [1.807, 2.05) is 0 Å². The lowest BCUT2D eigenvalue weighted by molar-refractivity contribution is -0.0214. The van der Waals surface area contributed by atoms with Crippen LogP contribution in [0.2, 0.25) is 0 Å². The van der Waals surface area contributed by atoms with Crippen molar-refractivity contribution >= 4 is 10.4 Å². The van der Waals surface area contributed by atoms with E-state index >= 15 is 0 Å². The Labute approximate surface area is 53.2 Å². The molecule has 0 saturated carbocycles. The van der Waals surface area contributed by atoms with E-state index in [4.69, 9.17) is 9.66 Å². The average Bonchev–Trinajstić information content (AvgIpc) is 1.62. The van der Waals surface area contributed by atoms with Crippen LogP contribution in [0.25, 0.3) is 0 Å². The van der Waals surface area contributed by atoms with Crippen molar-refractivity contribution in [3.05, 3.63) is 0 Å². The van der Waals surface area contributed by atoms with Gasteiger partial charge in [-0.1, -0.05) is 6.92 Å². The van der Waals surface area contributed by atoms with Crippen LogP contribution in [0.5, 0.6) is 0 Å². The minimum absolute atomic E-state index is 0.111. The number of hydrogen-bond donors (Lipinski definition) is 2. The molecule has 6 heteroatoms. The van der Waals surface area contributed by atoms with E-state index in [9.17, 15) is 8.42 Å². The van der Waals surface area contributed by atoms with Gasteiger partial charge in [-0.15, -0.1) is 0 Å². The number of aliphatic hydroxyl groups is 1. The van der Waals surface area contributed by atoms with E-state index in [-0.39, 0.29) is 6.42 Å². The van der Waals surface area contributed by atoms with Crippen molar-refractivity contribution < 1.29 is 22.3 Å². The molecule has 0 bridgehead atoms. The van der Waals surface area contributed by atoms with E-state index in [0.717, 1.165) is 0 Å². The maximum Gasteiger partial charge on any atom is 0.399 e. The quantitative estimate of drug-likeness (QED) is 0.426. The molecule has 0 aromatic carbocycles. The van der Waals surface area contributed by atoms with Gasteiger partial charge < -0.3 is 5.11 Å². The van der Waals surface area contributed by atoms with Gasteiger partial charge in [-0.25, -0.2) is 4.18 Å². The first-order valence-corrected chi connectivity index (χ1v) is 3.66. The molecule has 0 aromatic heterocycles. The first-order valence-electron chi connectivity index (χ1n) is 2.29. The Bertz CT molecular complexity index is 159. The highest BCUT2D eigenvalue weighted by Gasteiger charge is 2.10.